The van der Waals surface area contributed by atoms with E-state index in [1.807, 2.05) is 0 Å². The molecule has 1 atom stereocenters. The van der Waals surface area contributed by atoms with E-state index >= 15 is 4.39 Å². The van der Waals surface area contributed by atoms with E-state index in [2.05, 4.69) is 6.92 Å². The molecule has 2 saturated carbocycles. The van der Waals surface area contributed by atoms with E-state index in [4.69, 9.17) is 9.47 Å². The molecule has 31 heavy (non-hydrogen) atoms. The molecule has 0 aromatic heterocycles. The third kappa shape index (κ3) is 6.23. The van der Waals surface area contributed by atoms with Gasteiger partial charge >= 0.3 is 0 Å². The Bertz CT molecular complexity index is 704. The summed E-state index contributed by atoms with van der Waals surface area (Å²) >= 11 is 0. The van der Waals surface area contributed by atoms with Crippen LogP contribution in [0, 0.1) is 36.4 Å². The van der Waals surface area contributed by atoms with Gasteiger partial charge in [-0.15, -0.1) is 0 Å². The zero-order valence-electron chi connectivity index (χ0n) is 19.8. The van der Waals surface area contributed by atoms with Crippen LogP contribution in [0.25, 0.3) is 0 Å². The van der Waals surface area contributed by atoms with E-state index in [9.17, 15) is 4.39 Å². The second kappa shape index (κ2) is 10.8. The largest absolute Gasteiger partial charge is 0.462 e. The molecular formula is C27H40F2O2. The molecule has 174 valence electrons. The van der Waals surface area contributed by atoms with Crippen LogP contribution in [0.3, 0.4) is 0 Å². The molecule has 2 aliphatic carbocycles. The molecule has 0 amide bonds. The summed E-state index contributed by atoms with van der Waals surface area (Å²) in [6.07, 6.45) is 15.1. The Morgan fingerprint density at radius 1 is 1.03 bits per heavy atom. The maximum absolute atomic E-state index is 15.5. The third-order valence-corrected chi connectivity index (χ3v) is 7.60. The van der Waals surface area contributed by atoms with E-state index in [1.165, 1.54) is 57.8 Å². The standard InChI is InChI=1S/C27H40F2O2/c1-5-7-20-8-10-21(11-9-20)22-12-14-23(15-13-22)27(4,29)31-24-17-19(3)26(25(28)18-24)30-16-6-2/h6,16-18,20-23H,5,7-15H2,1-4H3. The van der Waals surface area contributed by atoms with E-state index < -0.39 is 11.7 Å². The van der Waals surface area contributed by atoms with Crippen LogP contribution < -0.4 is 9.47 Å². The number of hydrogen-bond donors (Lipinski definition) is 0. The van der Waals surface area contributed by atoms with Crippen molar-refractivity contribution in [1.82, 2.24) is 0 Å². The predicted molar refractivity (Wildman–Crippen MR) is 123 cm³/mol. The average molecular weight is 435 g/mol. The fraction of sp³-hybridized carbons (Fsp3) is 0.704. The van der Waals surface area contributed by atoms with E-state index in [0.717, 1.165) is 43.4 Å². The molecule has 0 N–H and O–H groups in total. The highest BCUT2D eigenvalue weighted by molar-refractivity contribution is 5.41. The molecule has 0 heterocycles. The molecule has 2 fully saturated rings. The first-order chi connectivity index (χ1) is 14.8. The summed E-state index contributed by atoms with van der Waals surface area (Å²) in [6.45, 7) is 7.33. The highest BCUT2D eigenvalue weighted by atomic mass is 19.2. The smallest absolute Gasteiger partial charge is 0.248 e. The molecule has 2 nitrogen and oxygen atoms in total. The van der Waals surface area contributed by atoms with Crippen molar-refractivity contribution in [2.24, 2.45) is 23.7 Å². The maximum Gasteiger partial charge on any atom is 0.248 e. The van der Waals surface area contributed by atoms with E-state index in [0.29, 0.717) is 5.56 Å². The fourth-order valence-electron chi connectivity index (χ4n) is 5.82. The molecule has 1 aromatic rings. The molecule has 4 heteroatoms. The van der Waals surface area contributed by atoms with Crippen molar-refractivity contribution in [2.45, 2.75) is 97.8 Å². The van der Waals surface area contributed by atoms with Crippen molar-refractivity contribution in [3.05, 3.63) is 35.9 Å². The number of alkyl halides is 1. The van der Waals surface area contributed by atoms with Crippen molar-refractivity contribution in [1.29, 1.82) is 0 Å². The Kier molecular flexibility index (Phi) is 8.41. The number of benzene rings is 1. The van der Waals surface area contributed by atoms with Crippen molar-refractivity contribution in [3.63, 3.8) is 0 Å². The number of halogens is 2. The minimum absolute atomic E-state index is 0.150. The van der Waals surface area contributed by atoms with Gasteiger partial charge in [0.05, 0.1) is 6.26 Å². The summed E-state index contributed by atoms with van der Waals surface area (Å²) in [5.74, 6) is 0.380. The van der Waals surface area contributed by atoms with Crippen LogP contribution in [0.15, 0.2) is 24.5 Å². The Morgan fingerprint density at radius 2 is 1.65 bits per heavy atom. The monoisotopic (exact) mass is 434 g/mol. The lowest BCUT2D eigenvalue weighted by Crippen LogP contribution is -2.39. The minimum Gasteiger partial charge on any atom is -0.462 e. The second-order valence-electron chi connectivity index (χ2n) is 9.91. The third-order valence-electron chi connectivity index (χ3n) is 7.60. The summed E-state index contributed by atoms with van der Waals surface area (Å²) < 4.78 is 41.0. The van der Waals surface area contributed by atoms with Gasteiger partial charge in [0.2, 0.25) is 5.85 Å². The number of rotatable bonds is 8. The van der Waals surface area contributed by atoms with Gasteiger partial charge in [-0.1, -0.05) is 38.7 Å². The summed E-state index contributed by atoms with van der Waals surface area (Å²) in [7, 11) is 0. The number of hydrogen-bond acceptors (Lipinski definition) is 2. The van der Waals surface area contributed by atoms with Gasteiger partial charge < -0.3 is 9.47 Å². The lowest BCUT2D eigenvalue weighted by Gasteiger charge is -2.40. The predicted octanol–water partition coefficient (Wildman–Crippen LogP) is 8.52. The quantitative estimate of drug-likeness (QED) is 0.382. The number of allylic oxidation sites excluding steroid dienone is 1. The Labute approximate surface area is 187 Å². The first kappa shape index (κ1) is 24.1. The van der Waals surface area contributed by atoms with Crippen molar-refractivity contribution >= 4 is 0 Å². The van der Waals surface area contributed by atoms with Crippen molar-refractivity contribution < 1.29 is 18.3 Å². The summed E-state index contributed by atoms with van der Waals surface area (Å²) in [5.41, 5.74) is 0.589. The summed E-state index contributed by atoms with van der Waals surface area (Å²) in [6, 6.07) is 2.88. The van der Waals surface area contributed by atoms with Gasteiger partial charge in [-0.3, -0.25) is 0 Å². The molecule has 1 aromatic carbocycles. The van der Waals surface area contributed by atoms with Crippen LogP contribution in [0.4, 0.5) is 8.78 Å². The van der Waals surface area contributed by atoms with Crippen LogP contribution >= 0.6 is 0 Å². The number of ether oxygens (including phenoxy) is 2. The Balaban J connectivity index is 1.54. The second-order valence-corrected chi connectivity index (χ2v) is 9.91. The lowest BCUT2D eigenvalue weighted by molar-refractivity contribution is -0.110. The van der Waals surface area contributed by atoms with Crippen molar-refractivity contribution in [3.8, 4) is 11.5 Å². The van der Waals surface area contributed by atoms with Gasteiger partial charge in [0.1, 0.15) is 5.75 Å². The average Bonchev–Trinajstić information content (AvgIpc) is 2.74. The highest BCUT2D eigenvalue weighted by Crippen LogP contribution is 2.45. The molecule has 0 aliphatic heterocycles. The first-order valence-electron chi connectivity index (χ1n) is 12.3. The lowest BCUT2D eigenvalue weighted by atomic mass is 9.68. The maximum atomic E-state index is 15.5. The summed E-state index contributed by atoms with van der Waals surface area (Å²) in [5, 5.41) is 0. The minimum atomic E-state index is -1.80. The molecule has 1 unspecified atom stereocenters. The molecule has 0 spiro atoms. The first-order valence-corrected chi connectivity index (χ1v) is 12.3. The van der Waals surface area contributed by atoms with Gasteiger partial charge in [-0.05, 0) is 81.8 Å². The van der Waals surface area contributed by atoms with Crippen LogP contribution in [-0.4, -0.2) is 5.85 Å². The SMILES string of the molecule is CC=COc1c(C)cc(OC(C)(F)C2CCC(C3CCC(CCC)CC3)CC2)cc1F. The van der Waals surface area contributed by atoms with Gasteiger partial charge in [0.25, 0.3) is 0 Å². The van der Waals surface area contributed by atoms with Crippen molar-refractivity contribution in [2.75, 3.05) is 0 Å². The van der Waals surface area contributed by atoms with Gasteiger partial charge in [-0.2, -0.15) is 4.39 Å². The van der Waals surface area contributed by atoms with E-state index in [-0.39, 0.29) is 17.4 Å². The zero-order chi connectivity index (χ0) is 22.4. The van der Waals surface area contributed by atoms with Crippen LogP contribution in [-0.2, 0) is 0 Å². The number of aryl methyl sites for hydroxylation is 1. The topological polar surface area (TPSA) is 18.5 Å². The molecule has 0 bridgehead atoms. The normalized spacial score (nSPS) is 29.0. The Hall–Kier alpha value is -1.58. The van der Waals surface area contributed by atoms with Gasteiger partial charge in [0.15, 0.2) is 11.6 Å². The fourth-order valence-corrected chi connectivity index (χ4v) is 5.82. The molecule has 3 rings (SSSR count). The van der Waals surface area contributed by atoms with Gasteiger partial charge in [-0.25, -0.2) is 4.39 Å². The van der Waals surface area contributed by atoms with Crippen LogP contribution in [0.2, 0.25) is 0 Å². The van der Waals surface area contributed by atoms with E-state index in [1.54, 1.807) is 26.0 Å². The summed E-state index contributed by atoms with van der Waals surface area (Å²) in [4.78, 5) is 0. The highest BCUT2D eigenvalue weighted by Gasteiger charge is 2.41. The molecule has 2 aliphatic rings. The van der Waals surface area contributed by atoms with Crippen LogP contribution in [0.1, 0.15) is 90.5 Å². The zero-order valence-corrected chi connectivity index (χ0v) is 19.8. The molecule has 0 saturated heterocycles. The van der Waals surface area contributed by atoms with Crippen LogP contribution in [0.5, 0.6) is 11.5 Å². The Morgan fingerprint density at radius 3 is 2.19 bits per heavy atom. The molecular weight excluding hydrogens is 394 g/mol. The van der Waals surface area contributed by atoms with Gasteiger partial charge in [0, 0.05) is 18.9 Å². The molecule has 0 radical (unpaired) electrons.